The van der Waals surface area contributed by atoms with Crippen molar-refractivity contribution in [3.8, 4) is 0 Å². The van der Waals surface area contributed by atoms with Crippen LogP contribution in [0.4, 0.5) is 5.69 Å². The van der Waals surface area contributed by atoms with Crippen molar-refractivity contribution in [1.82, 2.24) is 13.4 Å². The van der Waals surface area contributed by atoms with Gasteiger partial charge in [0, 0.05) is 33.1 Å². The summed E-state index contributed by atoms with van der Waals surface area (Å²) < 4.78 is 30.8. The molecule has 2 heterocycles. The van der Waals surface area contributed by atoms with Crippen molar-refractivity contribution < 1.29 is 13.2 Å². The molecule has 1 fully saturated rings. The van der Waals surface area contributed by atoms with E-state index in [0.717, 1.165) is 30.3 Å². The molecule has 9 heteroatoms. The molecule has 1 aromatic heterocycles. The van der Waals surface area contributed by atoms with Crippen LogP contribution in [0.15, 0.2) is 58.2 Å². The zero-order chi connectivity index (χ0) is 22.0. The van der Waals surface area contributed by atoms with Crippen LogP contribution >= 0.6 is 0 Å². The third-order valence-corrected chi connectivity index (χ3v) is 7.66. The van der Waals surface area contributed by atoms with Gasteiger partial charge in [-0.15, -0.1) is 0 Å². The number of imidazole rings is 1. The van der Waals surface area contributed by atoms with Gasteiger partial charge in [0.1, 0.15) is 4.90 Å². The Morgan fingerprint density at radius 1 is 0.968 bits per heavy atom. The van der Waals surface area contributed by atoms with Gasteiger partial charge in [0.15, 0.2) is 0 Å². The maximum absolute atomic E-state index is 13.1. The zero-order valence-corrected chi connectivity index (χ0v) is 18.3. The zero-order valence-electron chi connectivity index (χ0n) is 17.5. The number of hydrogen-bond donors (Lipinski definition) is 1. The molecule has 3 aromatic rings. The quantitative estimate of drug-likeness (QED) is 0.635. The van der Waals surface area contributed by atoms with Crippen molar-refractivity contribution in [2.75, 3.05) is 18.4 Å². The van der Waals surface area contributed by atoms with Crippen LogP contribution in [0, 0.1) is 0 Å². The second-order valence-electron chi connectivity index (χ2n) is 7.74. The molecule has 0 bridgehead atoms. The number of para-hydroxylation sites is 3. The molecule has 0 saturated carbocycles. The maximum atomic E-state index is 13.1. The number of carbonyl (C=O) groups is 1. The SMILES string of the molecule is Cn1c(=O)n(CCC(=O)Nc2ccccc2S(=O)(=O)N2CCCCC2)c2ccccc21. The predicted octanol–water partition coefficient (Wildman–Crippen LogP) is 2.54. The van der Waals surface area contributed by atoms with E-state index in [0.29, 0.717) is 13.1 Å². The van der Waals surface area contributed by atoms with Gasteiger partial charge >= 0.3 is 5.69 Å². The van der Waals surface area contributed by atoms with Gasteiger partial charge in [0.25, 0.3) is 0 Å². The average molecular weight is 443 g/mol. The first-order valence-electron chi connectivity index (χ1n) is 10.4. The van der Waals surface area contributed by atoms with Gasteiger partial charge in [0.05, 0.1) is 16.7 Å². The molecule has 4 rings (SSSR count). The fraction of sp³-hybridized carbons (Fsp3) is 0.364. The lowest BCUT2D eigenvalue weighted by Crippen LogP contribution is -2.36. The highest BCUT2D eigenvalue weighted by molar-refractivity contribution is 7.89. The summed E-state index contributed by atoms with van der Waals surface area (Å²) in [6.45, 7) is 1.19. The summed E-state index contributed by atoms with van der Waals surface area (Å²) >= 11 is 0. The number of hydrogen-bond acceptors (Lipinski definition) is 4. The molecule has 0 unspecified atom stereocenters. The molecular weight excluding hydrogens is 416 g/mol. The van der Waals surface area contributed by atoms with Crippen LogP contribution in [0.5, 0.6) is 0 Å². The highest BCUT2D eigenvalue weighted by Crippen LogP contribution is 2.27. The Labute approximate surface area is 181 Å². The molecule has 1 N–H and O–H groups in total. The molecule has 8 nitrogen and oxygen atoms in total. The first-order chi connectivity index (χ1) is 14.9. The highest BCUT2D eigenvalue weighted by atomic mass is 32.2. The van der Waals surface area contributed by atoms with Crippen LogP contribution in [0.2, 0.25) is 0 Å². The Morgan fingerprint density at radius 3 is 2.35 bits per heavy atom. The molecule has 1 saturated heterocycles. The summed E-state index contributed by atoms with van der Waals surface area (Å²) in [7, 11) is -1.98. The van der Waals surface area contributed by atoms with E-state index in [-0.39, 0.29) is 35.1 Å². The Kier molecular flexibility index (Phi) is 5.97. The maximum Gasteiger partial charge on any atom is 0.328 e. The Bertz CT molecular complexity index is 1270. The predicted molar refractivity (Wildman–Crippen MR) is 119 cm³/mol. The fourth-order valence-electron chi connectivity index (χ4n) is 4.04. The number of sulfonamides is 1. The number of fused-ring (bicyclic) bond motifs is 1. The average Bonchev–Trinajstić information content (AvgIpc) is 3.03. The van der Waals surface area contributed by atoms with Gasteiger partial charge in [0.2, 0.25) is 15.9 Å². The molecule has 1 aliphatic rings. The van der Waals surface area contributed by atoms with Crippen LogP contribution in [0.25, 0.3) is 11.0 Å². The van der Waals surface area contributed by atoms with Gasteiger partial charge in [-0.3, -0.25) is 13.9 Å². The van der Waals surface area contributed by atoms with E-state index in [1.165, 1.54) is 10.4 Å². The molecule has 0 spiro atoms. The molecule has 0 atom stereocenters. The third kappa shape index (κ3) is 4.15. The summed E-state index contributed by atoms with van der Waals surface area (Å²) in [4.78, 5) is 25.3. The number of carbonyl (C=O) groups excluding carboxylic acids is 1. The van der Waals surface area contributed by atoms with Gasteiger partial charge < -0.3 is 5.32 Å². The van der Waals surface area contributed by atoms with Gasteiger partial charge in [-0.25, -0.2) is 13.2 Å². The lowest BCUT2D eigenvalue weighted by atomic mass is 10.2. The van der Waals surface area contributed by atoms with Crippen LogP contribution in [0.1, 0.15) is 25.7 Å². The fourth-order valence-corrected chi connectivity index (χ4v) is 5.71. The van der Waals surface area contributed by atoms with Crippen LogP contribution < -0.4 is 11.0 Å². The van der Waals surface area contributed by atoms with E-state index >= 15 is 0 Å². The molecule has 2 aromatic carbocycles. The van der Waals surface area contributed by atoms with Crippen molar-refractivity contribution in [2.45, 2.75) is 37.1 Å². The monoisotopic (exact) mass is 442 g/mol. The number of nitrogens with one attached hydrogen (secondary N) is 1. The van der Waals surface area contributed by atoms with E-state index in [1.807, 2.05) is 24.3 Å². The molecular formula is C22H26N4O4S. The largest absolute Gasteiger partial charge is 0.328 e. The van der Waals surface area contributed by atoms with E-state index in [2.05, 4.69) is 5.32 Å². The van der Waals surface area contributed by atoms with Crippen LogP contribution in [0.3, 0.4) is 0 Å². The lowest BCUT2D eigenvalue weighted by Gasteiger charge is -2.26. The first kappa shape index (κ1) is 21.3. The number of amides is 1. The minimum Gasteiger partial charge on any atom is -0.325 e. The molecule has 0 radical (unpaired) electrons. The summed E-state index contributed by atoms with van der Waals surface area (Å²) in [5, 5.41) is 2.73. The minimum absolute atomic E-state index is 0.0476. The summed E-state index contributed by atoms with van der Waals surface area (Å²) in [5.74, 6) is -0.346. The lowest BCUT2D eigenvalue weighted by molar-refractivity contribution is -0.116. The molecule has 0 aliphatic carbocycles. The summed E-state index contributed by atoms with van der Waals surface area (Å²) in [6.07, 6.45) is 2.75. The second-order valence-corrected chi connectivity index (χ2v) is 9.65. The van der Waals surface area contributed by atoms with E-state index in [9.17, 15) is 18.0 Å². The first-order valence-corrected chi connectivity index (χ1v) is 11.9. The third-order valence-electron chi connectivity index (χ3n) is 5.71. The van der Waals surface area contributed by atoms with Crippen molar-refractivity contribution in [2.24, 2.45) is 7.05 Å². The Morgan fingerprint density at radius 2 is 1.61 bits per heavy atom. The smallest absolute Gasteiger partial charge is 0.325 e. The second kappa shape index (κ2) is 8.68. The number of aryl methyl sites for hydroxylation is 2. The van der Waals surface area contributed by atoms with Crippen molar-refractivity contribution >= 4 is 32.7 Å². The molecule has 164 valence electrons. The molecule has 1 aliphatic heterocycles. The summed E-state index contributed by atoms with van der Waals surface area (Å²) in [5.41, 5.74) is 1.63. The number of aromatic nitrogens is 2. The standard InChI is InChI=1S/C22H26N4O4S/c1-24-18-10-4-5-11-19(18)26(22(24)28)16-13-21(27)23-17-9-3-6-12-20(17)31(29,30)25-14-7-2-8-15-25/h3-6,9-12H,2,7-8,13-16H2,1H3,(H,23,27). The molecule has 31 heavy (non-hydrogen) atoms. The highest BCUT2D eigenvalue weighted by Gasteiger charge is 2.28. The van der Waals surface area contributed by atoms with Gasteiger partial charge in [-0.05, 0) is 37.1 Å². The number of anilines is 1. The van der Waals surface area contributed by atoms with Gasteiger partial charge in [-0.2, -0.15) is 4.31 Å². The van der Waals surface area contributed by atoms with Crippen LogP contribution in [-0.4, -0.2) is 40.9 Å². The number of benzene rings is 2. The van der Waals surface area contributed by atoms with Crippen molar-refractivity contribution in [3.63, 3.8) is 0 Å². The van der Waals surface area contributed by atoms with E-state index < -0.39 is 10.0 Å². The minimum atomic E-state index is -3.68. The Hall–Kier alpha value is -2.91. The Balaban J connectivity index is 1.52. The van der Waals surface area contributed by atoms with Crippen molar-refractivity contribution in [1.29, 1.82) is 0 Å². The molecule has 1 amide bonds. The van der Waals surface area contributed by atoms with E-state index in [4.69, 9.17) is 0 Å². The van der Waals surface area contributed by atoms with E-state index in [1.54, 1.807) is 34.4 Å². The number of nitrogens with zero attached hydrogens (tertiary/aromatic N) is 3. The van der Waals surface area contributed by atoms with Gasteiger partial charge in [-0.1, -0.05) is 30.7 Å². The normalized spacial score (nSPS) is 15.3. The number of rotatable bonds is 6. The van der Waals surface area contributed by atoms with Crippen LogP contribution in [-0.2, 0) is 28.4 Å². The topological polar surface area (TPSA) is 93.4 Å². The number of piperidine rings is 1. The summed E-state index contributed by atoms with van der Waals surface area (Å²) in [6, 6.07) is 13.9. The van der Waals surface area contributed by atoms with Crippen molar-refractivity contribution in [3.05, 3.63) is 59.0 Å².